The summed E-state index contributed by atoms with van der Waals surface area (Å²) in [6, 6.07) is 6.83. The van der Waals surface area contributed by atoms with E-state index in [-0.39, 0.29) is 18.1 Å². The number of carbonyl (C=O) groups excluding carboxylic acids is 2. The van der Waals surface area contributed by atoms with E-state index >= 15 is 0 Å². The van der Waals surface area contributed by atoms with Crippen LogP contribution in [-0.4, -0.2) is 65.6 Å². The molecule has 4 aliphatic rings. The molecule has 1 aromatic carbocycles. The van der Waals surface area contributed by atoms with Crippen molar-refractivity contribution in [1.29, 1.82) is 0 Å². The fraction of sp³-hybridized carbons (Fsp3) is 0.629. The Morgan fingerprint density at radius 1 is 0.976 bits per heavy atom. The van der Waals surface area contributed by atoms with Crippen molar-refractivity contribution >= 4 is 11.9 Å². The Labute approximate surface area is 251 Å². The van der Waals surface area contributed by atoms with Crippen LogP contribution in [0.25, 0.3) is 0 Å². The maximum Gasteiger partial charge on any atom is 0.339 e. The molecule has 2 saturated carbocycles. The van der Waals surface area contributed by atoms with Crippen molar-refractivity contribution < 1.29 is 19.1 Å². The molecule has 2 aliphatic carbocycles. The molecule has 7 nitrogen and oxygen atoms in total. The molecule has 3 fully saturated rings. The number of aromatic nitrogens is 1. The predicted octanol–water partition coefficient (Wildman–Crippen LogP) is 6.42. The van der Waals surface area contributed by atoms with Crippen molar-refractivity contribution in [2.75, 3.05) is 26.7 Å². The number of pyridine rings is 1. The highest BCUT2D eigenvalue weighted by Crippen LogP contribution is 2.48. The van der Waals surface area contributed by atoms with E-state index in [0.717, 1.165) is 56.3 Å². The number of rotatable bonds is 9. The zero-order valence-electron chi connectivity index (χ0n) is 25.9. The number of piperidine rings is 1. The van der Waals surface area contributed by atoms with Crippen LogP contribution in [0.2, 0.25) is 0 Å². The molecule has 0 N–H and O–H groups in total. The number of hydrogen-bond acceptors (Lipinski definition) is 6. The first-order valence-electron chi connectivity index (χ1n) is 16.3. The van der Waals surface area contributed by atoms with Crippen LogP contribution in [0.4, 0.5) is 0 Å². The first-order chi connectivity index (χ1) is 20.4. The summed E-state index contributed by atoms with van der Waals surface area (Å²) in [5.41, 5.74) is 6.96. The van der Waals surface area contributed by atoms with Gasteiger partial charge in [0.1, 0.15) is 5.75 Å². The lowest BCUT2D eigenvalue weighted by Crippen LogP contribution is -2.50. The van der Waals surface area contributed by atoms with Crippen LogP contribution in [0.15, 0.2) is 18.2 Å². The van der Waals surface area contributed by atoms with Crippen molar-refractivity contribution in [2.24, 2.45) is 0 Å². The summed E-state index contributed by atoms with van der Waals surface area (Å²) in [5.74, 6) is 2.07. The fourth-order valence-electron chi connectivity index (χ4n) is 7.47. The van der Waals surface area contributed by atoms with Gasteiger partial charge in [0.05, 0.1) is 35.7 Å². The molecule has 0 bridgehead atoms. The Hall–Kier alpha value is -2.93. The first-order valence-corrected chi connectivity index (χ1v) is 16.3. The third-order valence-corrected chi connectivity index (χ3v) is 9.83. The molecule has 226 valence electrons. The quantitative estimate of drug-likeness (QED) is 0.323. The number of ether oxygens (including phenoxy) is 2. The number of hydrogen-bond donors (Lipinski definition) is 0. The smallest absolute Gasteiger partial charge is 0.339 e. The van der Waals surface area contributed by atoms with Crippen molar-refractivity contribution in [3.63, 3.8) is 0 Å². The fourth-order valence-corrected chi connectivity index (χ4v) is 7.47. The van der Waals surface area contributed by atoms with Gasteiger partial charge in [-0.25, -0.2) is 4.79 Å². The third kappa shape index (κ3) is 5.95. The molecule has 2 aliphatic heterocycles. The summed E-state index contributed by atoms with van der Waals surface area (Å²) in [4.78, 5) is 35.3. The Balaban J connectivity index is 1.16. The first kappa shape index (κ1) is 29.2. The molecule has 42 heavy (non-hydrogen) atoms. The van der Waals surface area contributed by atoms with E-state index in [4.69, 9.17) is 14.5 Å². The number of methoxy groups -OCH3 is 1. The minimum absolute atomic E-state index is 0.000738. The molecule has 1 aromatic heterocycles. The van der Waals surface area contributed by atoms with Gasteiger partial charge >= 0.3 is 5.97 Å². The Morgan fingerprint density at radius 3 is 2.31 bits per heavy atom. The van der Waals surface area contributed by atoms with E-state index in [0.29, 0.717) is 35.7 Å². The summed E-state index contributed by atoms with van der Waals surface area (Å²) >= 11 is 0. The molecule has 7 heteroatoms. The summed E-state index contributed by atoms with van der Waals surface area (Å²) in [6.07, 6.45) is 11.3. The second-order valence-electron chi connectivity index (χ2n) is 13.1. The number of nitrogens with zero attached hydrogens (tertiary/aromatic N) is 3. The zero-order valence-corrected chi connectivity index (χ0v) is 25.9. The normalized spacial score (nSPS) is 20.3. The van der Waals surface area contributed by atoms with E-state index < -0.39 is 5.97 Å². The third-order valence-electron chi connectivity index (χ3n) is 9.83. The van der Waals surface area contributed by atoms with E-state index in [2.05, 4.69) is 30.9 Å². The second kappa shape index (κ2) is 12.4. The summed E-state index contributed by atoms with van der Waals surface area (Å²) in [7, 11) is 1.37. The summed E-state index contributed by atoms with van der Waals surface area (Å²) in [5, 5.41) is 0. The predicted molar refractivity (Wildman–Crippen MR) is 163 cm³/mol. The van der Waals surface area contributed by atoms with E-state index in [1.54, 1.807) is 17.2 Å². The second-order valence-corrected chi connectivity index (χ2v) is 13.1. The highest BCUT2D eigenvalue weighted by atomic mass is 16.5. The van der Waals surface area contributed by atoms with Gasteiger partial charge in [-0.3, -0.25) is 14.7 Å². The maximum absolute atomic E-state index is 13.7. The molecule has 0 spiro atoms. The van der Waals surface area contributed by atoms with Gasteiger partial charge in [0.25, 0.3) is 5.91 Å². The van der Waals surface area contributed by atoms with Gasteiger partial charge in [0, 0.05) is 44.2 Å². The number of aryl methyl sites for hydroxylation is 1. The van der Waals surface area contributed by atoms with Crippen LogP contribution in [0.5, 0.6) is 5.75 Å². The van der Waals surface area contributed by atoms with Crippen LogP contribution >= 0.6 is 0 Å². The molecular weight excluding hydrogens is 526 g/mol. The molecule has 6 rings (SSSR count). The minimum atomic E-state index is -0.428. The molecule has 2 aromatic rings. The van der Waals surface area contributed by atoms with E-state index in [1.807, 2.05) is 11.8 Å². The highest BCUT2D eigenvalue weighted by molar-refractivity contribution is 6.00. The van der Waals surface area contributed by atoms with Gasteiger partial charge in [-0.15, -0.1) is 0 Å². The summed E-state index contributed by atoms with van der Waals surface area (Å²) in [6.45, 7) is 9.70. The van der Waals surface area contributed by atoms with Gasteiger partial charge in [-0.2, -0.15) is 0 Å². The van der Waals surface area contributed by atoms with Crippen molar-refractivity contribution in [1.82, 2.24) is 14.8 Å². The lowest BCUT2D eigenvalue weighted by Gasteiger charge is -2.40. The Morgan fingerprint density at radius 2 is 1.67 bits per heavy atom. The number of likely N-dealkylation sites (tertiary alicyclic amines) is 1. The number of amides is 1. The largest absolute Gasteiger partial charge is 0.491 e. The van der Waals surface area contributed by atoms with Gasteiger partial charge in [0.2, 0.25) is 0 Å². The molecule has 0 unspecified atom stereocenters. The molecule has 0 radical (unpaired) electrons. The standard InChI is InChI=1S/C35H47N3O4/c1-5-31-30(35(40)41-4)19-29-32(36-31)14-17-38(34(29)39)26-12-15-37(16-13-26)21-25-18-27(24-10-11-24)28(23-8-6-7-9-23)20-33(25)42-22(2)3/h18-20,22-24,26H,5-17,21H2,1-4H3. The zero-order chi connectivity index (χ0) is 29.4. The van der Waals surface area contributed by atoms with Crippen LogP contribution in [0, 0.1) is 0 Å². The van der Waals surface area contributed by atoms with Crippen LogP contribution < -0.4 is 4.74 Å². The van der Waals surface area contributed by atoms with Crippen molar-refractivity contribution in [2.45, 2.75) is 116 Å². The lowest BCUT2D eigenvalue weighted by atomic mass is 9.88. The lowest BCUT2D eigenvalue weighted by molar-refractivity contribution is 0.0542. The molecule has 3 heterocycles. The number of esters is 1. The van der Waals surface area contributed by atoms with Crippen LogP contribution in [0.1, 0.15) is 133 Å². The Bertz CT molecular complexity index is 1320. The van der Waals surface area contributed by atoms with Gasteiger partial charge in [0.15, 0.2) is 0 Å². The maximum atomic E-state index is 13.7. The summed E-state index contributed by atoms with van der Waals surface area (Å²) < 4.78 is 11.4. The highest BCUT2D eigenvalue weighted by Gasteiger charge is 2.35. The van der Waals surface area contributed by atoms with Crippen LogP contribution in [-0.2, 0) is 24.1 Å². The number of carbonyl (C=O) groups is 2. The molecule has 1 saturated heterocycles. The van der Waals surface area contributed by atoms with Gasteiger partial charge in [-0.1, -0.05) is 25.8 Å². The average molecular weight is 574 g/mol. The van der Waals surface area contributed by atoms with E-state index in [9.17, 15) is 9.59 Å². The average Bonchev–Trinajstić information content (AvgIpc) is 3.70. The van der Waals surface area contributed by atoms with Gasteiger partial charge in [-0.05, 0) is 93.9 Å². The molecule has 0 atom stereocenters. The number of fused-ring (bicyclic) bond motifs is 1. The van der Waals surface area contributed by atoms with Crippen molar-refractivity contribution in [3.8, 4) is 5.75 Å². The Kier molecular flexibility index (Phi) is 8.58. The number of benzene rings is 1. The van der Waals surface area contributed by atoms with E-state index in [1.165, 1.54) is 51.2 Å². The topological polar surface area (TPSA) is 72.0 Å². The SMILES string of the molecule is CCc1nc2c(cc1C(=O)OC)C(=O)N(C1CCN(Cc3cc(C4CC4)c(C4CCCC4)cc3OC(C)C)CC1)CC2. The van der Waals surface area contributed by atoms with Crippen LogP contribution in [0.3, 0.4) is 0 Å². The monoisotopic (exact) mass is 573 g/mol. The van der Waals surface area contributed by atoms with Gasteiger partial charge < -0.3 is 14.4 Å². The molecule has 1 amide bonds. The minimum Gasteiger partial charge on any atom is -0.491 e. The molecular formula is C35H47N3O4. The van der Waals surface area contributed by atoms with Crippen molar-refractivity contribution in [3.05, 3.63) is 57.4 Å².